The van der Waals surface area contributed by atoms with Crippen LogP contribution in [0.15, 0.2) is 30.7 Å². The van der Waals surface area contributed by atoms with Gasteiger partial charge in [-0.05, 0) is 19.4 Å². The van der Waals surface area contributed by atoms with Crippen molar-refractivity contribution >= 4 is 11.5 Å². The molecule has 2 rings (SSSR count). The Balaban J connectivity index is 2.26. The van der Waals surface area contributed by atoms with Crippen LogP contribution >= 0.6 is 0 Å². The van der Waals surface area contributed by atoms with Gasteiger partial charge in [-0.15, -0.1) is 0 Å². The van der Waals surface area contributed by atoms with Gasteiger partial charge in [0, 0.05) is 25.0 Å². The summed E-state index contributed by atoms with van der Waals surface area (Å²) >= 11 is 0. The van der Waals surface area contributed by atoms with Crippen LogP contribution in [0.5, 0.6) is 0 Å². The Morgan fingerprint density at radius 2 is 2.25 bits per heavy atom. The third-order valence-electron chi connectivity index (χ3n) is 2.91. The highest BCUT2D eigenvalue weighted by Crippen LogP contribution is 2.24. The minimum atomic E-state index is -0.454. The van der Waals surface area contributed by atoms with Crippen molar-refractivity contribution in [1.82, 2.24) is 15.0 Å². The van der Waals surface area contributed by atoms with Crippen molar-refractivity contribution in [2.45, 2.75) is 20.3 Å². The van der Waals surface area contributed by atoms with Gasteiger partial charge in [0.2, 0.25) is 0 Å². The van der Waals surface area contributed by atoms with E-state index in [1.807, 2.05) is 11.8 Å². The molecule has 0 saturated heterocycles. The van der Waals surface area contributed by atoms with E-state index in [-0.39, 0.29) is 5.69 Å². The molecule has 105 valence electrons. The number of nitro groups is 1. The van der Waals surface area contributed by atoms with Gasteiger partial charge in [0.25, 0.3) is 5.69 Å². The molecule has 0 amide bonds. The molecule has 2 aromatic heterocycles. The molecule has 0 atom stereocenters. The number of anilines is 1. The third kappa shape index (κ3) is 2.93. The number of nitrogens with one attached hydrogen (secondary N) is 1. The first kappa shape index (κ1) is 14.0. The second kappa shape index (κ2) is 6.14. The van der Waals surface area contributed by atoms with Crippen molar-refractivity contribution in [3.8, 4) is 0 Å². The fourth-order valence-corrected chi connectivity index (χ4v) is 1.91. The van der Waals surface area contributed by atoms with E-state index in [4.69, 9.17) is 0 Å². The lowest BCUT2D eigenvalue weighted by Crippen LogP contribution is -2.29. The van der Waals surface area contributed by atoms with Crippen LogP contribution in [0.4, 0.5) is 11.5 Å². The minimum Gasteiger partial charge on any atom is -0.347 e. The van der Waals surface area contributed by atoms with Crippen LogP contribution in [0.1, 0.15) is 26.1 Å². The number of nitrogens with zero attached hydrogens (tertiary/aromatic N) is 4. The SMILES string of the molecule is CCCN([C](C)c1ncc[nH]1)c1ccc([N+](=O)[O-])cn1. The highest BCUT2D eigenvalue weighted by atomic mass is 16.6. The van der Waals surface area contributed by atoms with Gasteiger partial charge in [0.15, 0.2) is 0 Å². The minimum absolute atomic E-state index is 0.0131. The fourth-order valence-electron chi connectivity index (χ4n) is 1.91. The summed E-state index contributed by atoms with van der Waals surface area (Å²) in [5.74, 6) is 1.44. The van der Waals surface area contributed by atoms with Crippen LogP contribution in [0, 0.1) is 16.2 Å². The number of imidazole rings is 1. The summed E-state index contributed by atoms with van der Waals surface area (Å²) in [6.07, 6.45) is 5.64. The van der Waals surface area contributed by atoms with Crippen LogP contribution in [0.2, 0.25) is 0 Å². The molecule has 0 aromatic carbocycles. The largest absolute Gasteiger partial charge is 0.347 e. The van der Waals surface area contributed by atoms with Crippen molar-refractivity contribution in [3.05, 3.63) is 52.7 Å². The lowest BCUT2D eigenvalue weighted by molar-refractivity contribution is -0.385. The topological polar surface area (TPSA) is 88.0 Å². The maximum Gasteiger partial charge on any atom is 0.287 e. The van der Waals surface area contributed by atoms with E-state index >= 15 is 0 Å². The van der Waals surface area contributed by atoms with Crippen LogP contribution in [-0.4, -0.2) is 26.4 Å². The third-order valence-corrected chi connectivity index (χ3v) is 2.91. The zero-order valence-corrected chi connectivity index (χ0v) is 11.4. The molecule has 20 heavy (non-hydrogen) atoms. The molecule has 2 heterocycles. The van der Waals surface area contributed by atoms with Crippen LogP contribution < -0.4 is 4.90 Å². The highest BCUT2D eigenvalue weighted by Gasteiger charge is 2.20. The van der Waals surface area contributed by atoms with E-state index in [1.165, 1.54) is 12.3 Å². The van der Waals surface area contributed by atoms with Crippen molar-refractivity contribution in [2.75, 3.05) is 11.4 Å². The van der Waals surface area contributed by atoms with Crippen molar-refractivity contribution in [1.29, 1.82) is 0 Å². The zero-order chi connectivity index (χ0) is 14.5. The Labute approximate surface area is 116 Å². The van der Waals surface area contributed by atoms with E-state index in [2.05, 4.69) is 21.9 Å². The van der Waals surface area contributed by atoms with E-state index in [1.54, 1.807) is 18.5 Å². The number of pyridine rings is 1. The summed E-state index contributed by atoms with van der Waals surface area (Å²) in [5.41, 5.74) is -0.0131. The van der Waals surface area contributed by atoms with Gasteiger partial charge >= 0.3 is 0 Å². The molecule has 0 aliphatic heterocycles. The quantitative estimate of drug-likeness (QED) is 0.646. The average Bonchev–Trinajstić information content (AvgIpc) is 2.98. The number of rotatable bonds is 6. The van der Waals surface area contributed by atoms with Gasteiger partial charge in [-0.2, -0.15) is 0 Å². The maximum absolute atomic E-state index is 10.7. The number of H-pyrrole nitrogens is 1. The molecule has 2 aromatic rings. The summed E-state index contributed by atoms with van der Waals surface area (Å²) in [4.78, 5) is 23.6. The van der Waals surface area contributed by atoms with Crippen molar-refractivity contribution < 1.29 is 4.92 Å². The molecule has 1 radical (unpaired) electrons. The van der Waals surface area contributed by atoms with E-state index in [0.29, 0.717) is 5.82 Å². The van der Waals surface area contributed by atoms with E-state index in [0.717, 1.165) is 24.8 Å². The zero-order valence-electron chi connectivity index (χ0n) is 11.4. The Hall–Kier alpha value is -2.44. The average molecular weight is 274 g/mol. The van der Waals surface area contributed by atoms with Crippen LogP contribution in [0.25, 0.3) is 0 Å². The van der Waals surface area contributed by atoms with Gasteiger partial charge < -0.3 is 9.88 Å². The predicted octanol–water partition coefficient (Wildman–Crippen LogP) is 2.53. The van der Waals surface area contributed by atoms with E-state index in [9.17, 15) is 10.1 Å². The Morgan fingerprint density at radius 1 is 1.45 bits per heavy atom. The summed E-state index contributed by atoms with van der Waals surface area (Å²) in [6.45, 7) is 4.77. The maximum atomic E-state index is 10.7. The van der Waals surface area contributed by atoms with Gasteiger partial charge in [0.05, 0.1) is 4.92 Å². The first-order valence-electron chi connectivity index (χ1n) is 6.34. The van der Waals surface area contributed by atoms with Crippen LogP contribution in [0.3, 0.4) is 0 Å². The number of aromatic nitrogens is 3. The second-order valence-electron chi connectivity index (χ2n) is 4.31. The molecule has 7 nitrogen and oxygen atoms in total. The molecule has 0 saturated carbocycles. The number of hydrogen-bond acceptors (Lipinski definition) is 5. The Morgan fingerprint density at radius 3 is 2.75 bits per heavy atom. The standard InChI is InChI=1S/C13H16N5O2/c1-3-8-17(10(2)13-14-6-7-15-13)12-5-4-11(9-16-12)18(19)20/h4-7,9H,3,8H2,1-2H3,(H,14,15). The second-order valence-corrected chi connectivity index (χ2v) is 4.31. The predicted molar refractivity (Wildman–Crippen MR) is 75.1 cm³/mol. The van der Waals surface area contributed by atoms with Crippen molar-refractivity contribution in [2.24, 2.45) is 0 Å². The molecule has 0 aliphatic carbocycles. The van der Waals surface area contributed by atoms with Gasteiger partial charge in [-0.25, -0.2) is 9.97 Å². The number of aromatic amines is 1. The Bertz CT molecular complexity index is 553. The molecule has 7 heteroatoms. The lowest BCUT2D eigenvalue weighted by Gasteiger charge is -2.27. The molecule has 0 bridgehead atoms. The summed E-state index contributed by atoms with van der Waals surface area (Å²) in [7, 11) is 0. The van der Waals surface area contributed by atoms with Gasteiger partial charge in [-0.3, -0.25) is 10.1 Å². The highest BCUT2D eigenvalue weighted by molar-refractivity contribution is 5.48. The summed E-state index contributed by atoms with van der Waals surface area (Å²) in [5, 5.41) is 10.7. The first-order valence-corrected chi connectivity index (χ1v) is 6.34. The molecule has 1 N–H and O–H groups in total. The van der Waals surface area contributed by atoms with E-state index < -0.39 is 4.92 Å². The van der Waals surface area contributed by atoms with Crippen LogP contribution in [-0.2, 0) is 0 Å². The molecular formula is C13H16N5O2. The first-order chi connectivity index (χ1) is 9.63. The molecule has 0 aliphatic rings. The fraction of sp³-hybridized carbons (Fsp3) is 0.308. The smallest absolute Gasteiger partial charge is 0.287 e. The summed E-state index contributed by atoms with van der Waals surface area (Å²) in [6, 6.07) is 4.04. The van der Waals surface area contributed by atoms with Gasteiger partial charge in [-0.1, -0.05) is 6.92 Å². The Kier molecular flexibility index (Phi) is 4.29. The van der Waals surface area contributed by atoms with Gasteiger partial charge in [0.1, 0.15) is 23.9 Å². The molecular weight excluding hydrogens is 258 g/mol. The lowest BCUT2D eigenvalue weighted by atomic mass is 10.2. The molecule has 0 unspecified atom stereocenters. The summed E-state index contributed by atoms with van der Waals surface area (Å²) < 4.78 is 0. The van der Waals surface area contributed by atoms with Crippen molar-refractivity contribution in [3.63, 3.8) is 0 Å². The molecule has 0 spiro atoms. The molecule has 0 fully saturated rings. The normalized spacial score (nSPS) is 10.8. The number of hydrogen-bond donors (Lipinski definition) is 1. The monoisotopic (exact) mass is 274 g/mol.